The van der Waals surface area contributed by atoms with E-state index in [1.807, 2.05) is 6.92 Å². The summed E-state index contributed by atoms with van der Waals surface area (Å²) in [6, 6.07) is 3.81. The SMILES string of the molecule is CCCC1C(=O)NC(=O)N(c2cc(Cl)ccc2OC)C1=O. The second-order valence-electron chi connectivity index (χ2n) is 4.63. The number of carbonyl (C=O) groups excluding carboxylic acids is 3. The molecule has 7 heteroatoms. The Morgan fingerprint density at radius 3 is 2.67 bits per heavy atom. The largest absolute Gasteiger partial charge is 0.495 e. The molecule has 0 aromatic heterocycles. The summed E-state index contributed by atoms with van der Waals surface area (Å²) in [6.07, 6.45) is 1.02. The predicted octanol–water partition coefficient (Wildman–Crippen LogP) is 2.35. The van der Waals surface area contributed by atoms with Crippen molar-refractivity contribution < 1.29 is 19.1 Å². The summed E-state index contributed by atoms with van der Waals surface area (Å²) in [4.78, 5) is 37.2. The monoisotopic (exact) mass is 310 g/mol. The van der Waals surface area contributed by atoms with Gasteiger partial charge in [-0.25, -0.2) is 9.69 Å². The number of hydrogen-bond acceptors (Lipinski definition) is 4. The van der Waals surface area contributed by atoms with Crippen molar-refractivity contribution in [2.45, 2.75) is 19.8 Å². The molecule has 1 atom stereocenters. The first-order valence-electron chi connectivity index (χ1n) is 6.52. The molecule has 0 spiro atoms. The van der Waals surface area contributed by atoms with Crippen molar-refractivity contribution in [3.8, 4) is 5.75 Å². The molecule has 1 unspecified atom stereocenters. The molecule has 0 saturated carbocycles. The summed E-state index contributed by atoms with van der Waals surface area (Å²) in [5.41, 5.74) is 0.223. The van der Waals surface area contributed by atoms with Crippen LogP contribution in [0.4, 0.5) is 10.5 Å². The lowest BCUT2D eigenvalue weighted by Crippen LogP contribution is -2.58. The molecule has 21 heavy (non-hydrogen) atoms. The van der Waals surface area contributed by atoms with Gasteiger partial charge in [0.2, 0.25) is 11.8 Å². The minimum absolute atomic E-state index is 0.223. The fraction of sp³-hybridized carbons (Fsp3) is 0.357. The van der Waals surface area contributed by atoms with Crippen LogP contribution in [-0.2, 0) is 9.59 Å². The van der Waals surface area contributed by atoms with Crippen molar-refractivity contribution in [3.63, 3.8) is 0 Å². The van der Waals surface area contributed by atoms with E-state index in [0.717, 1.165) is 4.90 Å². The Bertz CT molecular complexity index is 603. The molecule has 0 aliphatic carbocycles. The predicted molar refractivity (Wildman–Crippen MR) is 77.4 cm³/mol. The quantitative estimate of drug-likeness (QED) is 0.866. The summed E-state index contributed by atoms with van der Waals surface area (Å²) in [5.74, 6) is -1.68. The molecule has 1 aromatic rings. The molecular weight excluding hydrogens is 296 g/mol. The van der Waals surface area contributed by atoms with Gasteiger partial charge in [0.25, 0.3) is 0 Å². The summed E-state index contributed by atoms with van der Waals surface area (Å²) in [6.45, 7) is 1.86. The van der Waals surface area contributed by atoms with Crippen LogP contribution in [0.1, 0.15) is 19.8 Å². The highest BCUT2D eigenvalue weighted by atomic mass is 35.5. The van der Waals surface area contributed by atoms with E-state index in [1.165, 1.54) is 13.2 Å². The summed E-state index contributed by atoms with van der Waals surface area (Å²) < 4.78 is 5.15. The first kappa shape index (κ1) is 15.3. The van der Waals surface area contributed by atoms with Crippen LogP contribution in [0.15, 0.2) is 18.2 Å². The standard InChI is InChI=1S/C14H15ClN2O4/c1-3-4-9-12(18)16-14(20)17(13(9)19)10-7-8(15)5-6-11(10)21-2/h5-7,9H,3-4H2,1-2H3,(H,16,18,20). The Morgan fingerprint density at radius 1 is 1.33 bits per heavy atom. The van der Waals surface area contributed by atoms with Gasteiger partial charge in [-0.1, -0.05) is 24.9 Å². The van der Waals surface area contributed by atoms with Gasteiger partial charge in [0, 0.05) is 5.02 Å². The maximum absolute atomic E-state index is 12.5. The van der Waals surface area contributed by atoms with Crippen molar-refractivity contribution in [2.24, 2.45) is 5.92 Å². The van der Waals surface area contributed by atoms with Gasteiger partial charge in [0.1, 0.15) is 11.7 Å². The molecule has 0 bridgehead atoms. The van der Waals surface area contributed by atoms with Gasteiger partial charge in [0.05, 0.1) is 12.8 Å². The number of ether oxygens (including phenoxy) is 1. The second-order valence-corrected chi connectivity index (χ2v) is 5.06. The number of methoxy groups -OCH3 is 1. The third kappa shape index (κ3) is 2.85. The van der Waals surface area contributed by atoms with E-state index in [2.05, 4.69) is 5.32 Å². The zero-order valence-corrected chi connectivity index (χ0v) is 12.4. The summed E-state index contributed by atoms with van der Waals surface area (Å²) in [7, 11) is 1.42. The van der Waals surface area contributed by atoms with Crippen molar-refractivity contribution in [1.29, 1.82) is 0 Å². The van der Waals surface area contributed by atoms with Crippen LogP contribution in [0.3, 0.4) is 0 Å². The number of barbiturate groups is 1. The minimum Gasteiger partial charge on any atom is -0.495 e. The Labute approximate surface area is 127 Å². The number of imide groups is 2. The van der Waals surface area contributed by atoms with Crippen LogP contribution in [0.25, 0.3) is 0 Å². The zero-order chi connectivity index (χ0) is 15.6. The number of rotatable bonds is 4. The topological polar surface area (TPSA) is 75.7 Å². The van der Waals surface area contributed by atoms with Crippen LogP contribution in [0, 0.1) is 5.92 Å². The average molecular weight is 311 g/mol. The van der Waals surface area contributed by atoms with Crippen LogP contribution >= 0.6 is 11.6 Å². The first-order valence-corrected chi connectivity index (χ1v) is 6.89. The molecule has 1 aromatic carbocycles. The highest BCUT2D eigenvalue weighted by Crippen LogP contribution is 2.33. The molecule has 1 fully saturated rings. The number of amides is 4. The molecule has 4 amide bonds. The van der Waals surface area contributed by atoms with E-state index in [-0.39, 0.29) is 5.69 Å². The molecular formula is C14H15ClN2O4. The van der Waals surface area contributed by atoms with Crippen LogP contribution in [-0.4, -0.2) is 25.0 Å². The van der Waals surface area contributed by atoms with Crippen LogP contribution < -0.4 is 15.0 Å². The molecule has 1 aliphatic rings. The number of nitrogens with one attached hydrogen (secondary N) is 1. The first-order chi connectivity index (χ1) is 9.99. The molecule has 0 radical (unpaired) electrons. The van der Waals surface area contributed by atoms with Gasteiger partial charge in [-0.05, 0) is 24.6 Å². The molecule has 6 nitrogen and oxygen atoms in total. The molecule has 1 heterocycles. The number of urea groups is 1. The highest BCUT2D eigenvalue weighted by molar-refractivity contribution is 6.32. The number of carbonyl (C=O) groups is 3. The molecule has 2 rings (SSSR count). The Balaban J connectivity index is 2.46. The molecule has 1 aliphatic heterocycles. The van der Waals surface area contributed by atoms with E-state index in [0.29, 0.717) is 23.6 Å². The molecule has 1 N–H and O–H groups in total. The fourth-order valence-corrected chi connectivity index (χ4v) is 2.39. The summed E-state index contributed by atoms with van der Waals surface area (Å²) in [5, 5.41) is 2.55. The Kier molecular flexibility index (Phi) is 4.47. The lowest BCUT2D eigenvalue weighted by Gasteiger charge is -2.30. The van der Waals surface area contributed by atoms with Gasteiger partial charge in [-0.3, -0.25) is 14.9 Å². The van der Waals surface area contributed by atoms with Gasteiger partial charge in [-0.2, -0.15) is 0 Å². The van der Waals surface area contributed by atoms with Crippen molar-refractivity contribution in [3.05, 3.63) is 23.2 Å². The van der Waals surface area contributed by atoms with E-state index in [1.54, 1.807) is 12.1 Å². The fourth-order valence-electron chi connectivity index (χ4n) is 2.23. The number of halogens is 1. The number of benzene rings is 1. The lowest BCUT2D eigenvalue weighted by molar-refractivity contribution is -0.134. The number of hydrogen-bond donors (Lipinski definition) is 1. The van der Waals surface area contributed by atoms with E-state index < -0.39 is 23.8 Å². The second kappa shape index (κ2) is 6.13. The minimum atomic E-state index is -0.878. The van der Waals surface area contributed by atoms with Gasteiger partial charge >= 0.3 is 6.03 Å². The molecule has 1 saturated heterocycles. The van der Waals surface area contributed by atoms with E-state index >= 15 is 0 Å². The van der Waals surface area contributed by atoms with Crippen molar-refractivity contribution >= 4 is 35.1 Å². The van der Waals surface area contributed by atoms with Crippen LogP contribution in [0.5, 0.6) is 5.75 Å². The third-order valence-electron chi connectivity index (χ3n) is 3.23. The number of nitrogens with zero attached hydrogens (tertiary/aromatic N) is 1. The number of anilines is 1. The van der Waals surface area contributed by atoms with Crippen molar-refractivity contribution in [1.82, 2.24) is 5.32 Å². The van der Waals surface area contributed by atoms with Crippen molar-refractivity contribution in [2.75, 3.05) is 12.0 Å². The normalized spacial score (nSPS) is 18.7. The Hall–Kier alpha value is -2.08. The smallest absolute Gasteiger partial charge is 0.335 e. The maximum atomic E-state index is 12.5. The van der Waals surface area contributed by atoms with E-state index in [4.69, 9.17) is 16.3 Å². The average Bonchev–Trinajstić information content (AvgIpc) is 2.43. The zero-order valence-electron chi connectivity index (χ0n) is 11.7. The van der Waals surface area contributed by atoms with Gasteiger partial charge in [0.15, 0.2) is 0 Å². The third-order valence-corrected chi connectivity index (χ3v) is 3.46. The summed E-state index contributed by atoms with van der Waals surface area (Å²) >= 11 is 5.92. The highest BCUT2D eigenvalue weighted by Gasteiger charge is 2.41. The van der Waals surface area contributed by atoms with Crippen LogP contribution in [0.2, 0.25) is 5.02 Å². The van der Waals surface area contributed by atoms with Gasteiger partial charge < -0.3 is 4.74 Å². The Morgan fingerprint density at radius 2 is 2.05 bits per heavy atom. The molecule has 112 valence electrons. The van der Waals surface area contributed by atoms with E-state index in [9.17, 15) is 14.4 Å². The lowest BCUT2D eigenvalue weighted by atomic mass is 9.99. The van der Waals surface area contributed by atoms with Gasteiger partial charge in [-0.15, -0.1) is 0 Å². The maximum Gasteiger partial charge on any atom is 0.335 e.